The maximum Gasteiger partial charge on any atom is 0.247 e. The van der Waals surface area contributed by atoms with Crippen LogP contribution >= 0.6 is 0 Å². The first-order valence-corrected chi connectivity index (χ1v) is 7.03. The Hall–Kier alpha value is -2.70. The van der Waals surface area contributed by atoms with Crippen LogP contribution in [0, 0.1) is 6.92 Å². The van der Waals surface area contributed by atoms with Crippen molar-refractivity contribution >= 4 is 17.4 Å². The number of nitrogens with one attached hydrogen (secondary N) is 2. The summed E-state index contributed by atoms with van der Waals surface area (Å²) in [5.74, 6) is 2.12. The zero-order chi connectivity index (χ0) is 15.5. The molecule has 1 aliphatic rings. The highest BCUT2D eigenvalue weighted by atomic mass is 16.6. The van der Waals surface area contributed by atoms with Gasteiger partial charge in [0.2, 0.25) is 5.91 Å². The molecule has 0 aliphatic carbocycles. The van der Waals surface area contributed by atoms with Crippen LogP contribution in [-0.2, 0) is 4.79 Å². The zero-order valence-corrected chi connectivity index (χ0v) is 12.4. The first-order chi connectivity index (χ1) is 10.6. The molecule has 2 aromatic rings. The molecule has 7 nitrogen and oxygen atoms in total. The Kier molecular flexibility index (Phi) is 3.86. The molecule has 0 bridgehead atoms. The molecule has 1 aromatic carbocycles. The number of benzene rings is 1. The summed E-state index contributed by atoms with van der Waals surface area (Å²) in [6.45, 7) is 4.53. The largest absolute Gasteiger partial charge is 0.486 e. The monoisotopic (exact) mass is 303 g/mol. The van der Waals surface area contributed by atoms with E-state index >= 15 is 0 Å². The fourth-order valence-electron chi connectivity index (χ4n) is 2.15. The van der Waals surface area contributed by atoms with E-state index in [4.69, 9.17) is 14.0 Å². The fourth-order valence-corrected chi connectivity index (χ4v) is 2.15. The van der Waals surface area contributed by atoms with Crippen molar-refractivity contribution in [2.24, 2.45) is 0 Å². The van der Waals surface area contributed by atoms with E-state index in [0.29, 0.717) is 36.3 Å². The van der Waals surface area contributed by atoms with Crippen molar-refractivity contribution in [2.45, 2.75) is 19.9 Å². The number of aromatic nitrogens is 1. The Bertz CT molecular complexity index is 683. The van der Waals surface area contributed by atoms with Crippen LogP contribution in [0.3, 0.4) is 0 Å². The molecule has 0 spiro atoms. The molecule has 1 aliphatic heterocycles. The van der Waals surface area contributed by atoms with Gasteiger partial charge in [0, 0.05) is 6.07 Å². The van der Waals surface area contributed by atoms with Crippen LogP contribution in [0.25, 0.3) is 0 Å². The molecule has 1 unspecified atom stereocenters. The van der Waals surface area contributed by atoms with Gasteiger partial charge in [0.05, 0.1) is 5.69 Å². The van der Waals surface area contributed by atoms with Gasteiger partial charge < -0.3 is 24.6 Å². The summed E-state index contributed by atoms with van der Waals surface area (Å²) in [4.78, 5) is 12.2. The summed E-state index contributed by atoms with van der Waals surface area (Å²) in [7, 11) is 0. The number of fused-ring (bicyclic) bond motifs is 1. The van der Waals surface area contributed by atoms with E-state index in [1.165, 1.54) is 0 Å². The van der Waals surface area contributed by atoms with Crippen LogP contribution in [0.1, 0.15) is 12.7 Å². The van der Waals surface area contributed by atoms with Crippen molar-refractivity contribution in [1.82, 2.24) is 5.16 Å². The van der Waals surface area contributed by atoms with E-state index in [0.717, 1.165) is 5.69 Å². The fraction of sp³-hybridized carbons (Fsp3) is 0.333. The summed E-state index contributed by atoms with van der Waals surface area (Å²) in [6.07, 6.45) is 0. The highest BCUT2D eigenvalue weighted by Crippen LogP contribution is 2.37. The minimum Gasteiger partial charge on any atom is -0.486 e. The number of hydrogen-bond donors (Lipinski definition) is 2. The SMILES string of the molecule is Cc1cc(NC(=O)C(C)Nc2cccc3c2OCCO3)no1. The second-order valence-electron chi connectivity index (χ2n) is 5.01. The highest BCUT2D eigenvalue weighted by molar-refractivity contribution is 5.95. The summed E-state index contributed by atoms with van der Waals surface area (Å²) < 4.78 is 16.0. The van der Waals surface area contributed by atoms with Crippen LogP contribution < -0.4 is 20.1 Å². The predicted molar refractivity (Wildman–Crippen MR) is 80.4 cm³/mol. The van der Waals surface area contributed by atoms with Gasteiger partial charge in [-0.15, -0.1) is 0 Å². The van der Waals surface area contributed by atoms with E-state index < -0.39 is 6.04 Å². The molecule has 0 radical (unpaired) electrons. The molecule has 1 atom stereocenters. The number of anilines is 2. The molecule has 3 rings (SSSR count). The average molecular weight is 303 g/mol. The number of ether oxygens (including phenoxy) is 2. The van der Waals surface area contributed by atoms with E-state index in [-0.39, 0.29) is 5.91 Å². The smallest absolute Gasteiger partial charge is 0.247 e. The lowest BCUT2D eigenvalue weighted by atomic mass is 10.2. The summed E-state index contributed by atoms with van der Waals surface area (Å²) in [6, 6.07) is 6.71. The van der Waals surface area contributed by atoms with Gasteiger partial charge in [-0.2, -0.15) is 0 Å². The number of carbonyl (C=O) groups excluding carboxylic acids is 1. The van der Waals surface area contributed by atoms with Crippen molar-refractivity contribution in [2.75, 3.05) is 23.8 Å². The Morgan fingerprint density at radius 2 is 2.14 bits per heavy atom. The summed E-state index contributed by atoms with van der Waals surface area (Å²) in [5.41, 5.74) is 0.719. The number of hydrogen-bond acceptors (Lipinski definition) is 6. The average Bonchev–Trinajstić information content (AvgIpc) is 2.92. The lowest BCUT2D eigenvalue weighted by molar-refractivity contribution is -0.116. The zero-order valence-electron chi connectivity index (χ0n) is 12.4. The Labute approximate surface area is 127 Å². The van der Waals surface area contributed by atoms with Crippen molar-refractivity contribution in [3.8, 4) is 11.5 Å². The predicted octanol–water partition coefficient (Wildman–Crippen LogP) is 2.19. The maximum atomic E-state index is 12.2. The lowest BCUT2D eigenvalue weighted by Gasteiger charge is -2.23. The normalized spacial score (nSPS) is 14.3. The quantitative estimate of drug-likeness (QED) is 0.900. The molecule has 0 saturated carbocycles. The number of aryl methyl sites for hydroxylation is 1. The van der Waals surface area contributed by atoms with Gasteiger partial charge in [-0.1, -0.05) is 11.2 Å². The third-order valence-electron chi connectivity index (χ3n) is 3.21. The summed E-state index contributed by atoms with van der Waals surface area (Å²) in [5, 5.41) is 9.54. The van der Waals surface area contributed by atoms with Gasteiger partial charge in [0.15, 0.2) is 17.3 Å². The molecule has 116 valence electrons. The number of para-hydroxylation sites is 1. The van der Waals surface area contributed by atoms with Crippen molar-refractivity contribution in [1.29, 1.82) is 0 Å². The van der Waals surface area contributed by atoms with Crippen LogP contribution in [0.2, 0.25) is 0 Å². The minimum absolute atomic E-state index is 0.220. The van der Waals surface area contributed by atoms with Crippen molar-refractivity contribution < 1.29 is 18.8 Å². The molecular weight excluding hydrogens is 286 g/mol. The van der Waals surface area contributed by atoms with Crippen LogP contribution in [0.5, 0.6) is 11.5 Å². The minimum atomic E-state index is -0.478. The molecule has 2 N–H and O–H groups in total. The second kappa shape index (κ2) is 5.97. The van der Waals surface area contributed by atoms with Crippen LogP contribution in [0.4, 0.5) is 11.5 Å². The van der Waals surface area contributed by atoms with Gasteiger partial charge >= 0.3 is 0 Å². The van der Waals surface area contributed by atoms with Crippen LogP contribution in [0.15, 0.2) is 28.8 Å². The number of nitrogens with zero attached hydrogens (tertiary/aromatic N) is 1. The van der Waals surface area contributed by atoms with Gasteiger partial charge in [-0.3, -0.25) is 4.79 Å². The van der Waals surface area contributed by atoms with E-state index in [1.54, 1.807) is 19.9 Å². The standard InChI is InChI=1S/C15H17N3O4/c1-9-8-13(18-22-9)17-15(19)10(2)16-11-4-3-5-12-14(11)21-7-6-20-12/h3-5,8,10,16H,6-7H2,1-2H3,(H,17,18,19). The van der Waals surface area contributed by atoms with Crippen molar-refractivity contribution in [3.63, 3.8) is 0 Å². The van der Waals surface area contributed by atoms with E-state index in [1.807, 2.05) is 18.2 Å². The van der Waals surface area contributed by atoms with Gasteiger partial charge in [0.25, 0.3) is 0 Å². The van der Waals surface area contributed by atoms with Crippen molar-refractivity contribution in [3.05, 3.63) is 30.0 Å². The van der Waals surface area contributed by atoms with Gasteiger partial charge in [0.1, 0.15) is 25.0 Å². The highest BCUT2D eigenvalue weighted by Gasteiger charge is 2.20. The Morgan fingerprint density at radius 3 is 2.91 bits per heavy atom. The van der Waals surface area contributed by atoms with E-state index in [9.17, 15) is 4.79 Å². The maximum absolute atomic E-state index is 12.2. The third kappa shape index (κ3) is 2.98. The number of rotatable bonds is 4. The van der Waals surface area contributed by atoms with E-state index in [2.05, 4.69) is 15.8 Å². The molecule has 0 saturated heterocycles. The number of amides is 1. The molecule has 0 fully saturated rings. The summed E-state index contributed by atoms with van der Waals surface area (Å²) >= 11 is 0. The van der Waals surface area contributed by atoms with Gasteiger partial charge in [-0.25, -0.2) is 0 Å². The molecule has 1 amide bonds. The molecule has 22 heavy (non-hydrogen) atoms. The number of carbonyl (C=O) groups is 1. The molecule has 7 heteroatoms. The molecular formula is C15H17N3O4. The molecule has 2 heterocycles. The second-order valence-corrected chi connectivity index (χ2v) is 5.01. The van der Waals surface area contributed by atoms with Crippen LogP contribution in [-0.4, -0.2) is 30.3 Å². The molecule has 1 aromatic heterocycles. The Morgan fingerprint density at radius 1 is 1.32 bits per heavy atom. The third-order valence-corrected chi connectivity index (χ3v) is 3.21. The first-order valence-electron chi connectivity index (χ1n) is 7.03. The first kappa shape index (κ1) is 14.2. The van der Waals surface area contributed by atoms with Gasteiger partial charge in [-0.05, 0) is 26.0 Å². The lowest BCUT2D eigenvalue weighted by Crippen LogP contribution is -2.32. The topological polar surface area (TPSA) is 85.6 Å². The Balaban J connectivity index is 1.68.